The molecule has 8 nitrogen and oxygen atoms in total. The van der Waals surface area contributed by atoms with Crippen LogP contribution in [-0.2, 0) is 4.79 Å². The highest BCUT2D eigenvalue weighted by Crippen LogP contribution is 2.24. The summed E-state index contributed by atoms with van der Waals surface area (Å²) in [5, 5.41) is 8.93. The molecule has 0 spiro atoms. The standard InChI is InChI=1S/C27H40N6O2/c1-4-32(18-15-30(3)23-7-6-8-23)27(34)21-31-16-19-33(20-17-31)26-14-13-25(28-29-26)22-9-11-24(12-10-22)35-5-2/h9-14,23H,4-8,15-21H2,1-3H3. The van der Waals surface area contributed by atoms with Gasteiger partial charge < -0.3 is 19.4 Å². The lowest BCUT2D eigenvalue weighted by molar-refractivity contribution is -0.132. The van der Waals surface area contributed by atoms with E-state index < -0.39 is 0 Å². The molecule has 8 heteroatoms. The average molecular weight is 481 g/mol. The van der Waals surface area contributed by atoms with Gasteiger partial charge in [-0.15, -0.1) is 10.2 Å². The SMILES string of the molecule is CCOc1ccc(-c2ccc(N3CCN(CC(=O)N(CC)CCN(C)C4CCC4)CC3)nn2)cc1. The first-order valence-corrected chi connectivity index (χ1v) is 13.1. The zero-order valence-electron chi connectivity index (χ0n) is 21.5. The monoisotopic (exact) mass is 480 g/mol. The van der Waals surface area contributed by atoms with Gasteiger partial charge in [-0.1, -0.05) is 6.42 Å². The molecule has 0 atom stereocenters. The minimum Gasteiger partial charge on any atom is -0.494 e. The fourth-order valence-corrected chi connectivity index (χ4v) is 4.71. The molecular formula is C27H40N6O2. The molecule has 2 aromatic rings. The van der Waals surface area contributed by atoms with Crippen molar-refractivity contribution in [3.63, 3.8) is 0 Å². The van der Waals surface area contributed by atoms with Crippen molar-refractivity contribution in [2.45, 2.75) is 39.2 Å². The number of carbonyl (C=O) groups excluding carboxylic acids is 1. The van der Waals surface area contributed by atoms with Crippen molar-refractivity contribution in [2.24, 2.45) is 0 Å². The lowest BCUT2D eigenvalue weighted by Crippen LogP contribution is -2.51. The molecule has 0 N–H and O–H groups in total. The fraction of sp³-hybridized carbons (Fsp3) is 0.593. The predicted octanol–water partition coefficient (Wildman–Crippen LogP) is 3.00. The molecule has 2 fully saturated rings. The molecule has 1 aliphatic heterocycles. The Kier molecular flexibility index (Phi) is 8.93. The predicted molar refractivity (Wildman–Crippen MR) is 140 cm³/mol. The van der Waals surface area contributed by atoms with E-state index in [1.807, 2.05) is 48.2 Å². The Morgan fingerprint density at radius 3 is 2.31 bits per heavy atom. The number of rotatable bonds is 11. The minimum absolute atomic E-state index is 0.238. The van der Waals surface area contributed by atoms with Gasteiger partial charge in [0.25, 0.3) is 0 Å². The molecule has 0 radical (unpaired) electrons. The fourth-order valence-electron chi connectivity index (χ4n) is 4.71. The Morgan fingerprint density at radius 2 is 1.74 bits per heavy atom. The summed E-state index contributed by atoms with van der Waals surface area (Å²) in [4.78, 5) is 21.8. The van der Waals surface area contributed by atoms with Gasteiger partial charge in [0.05, 0.1) is 18.8 Å². The van der Waals surface area contributed by atoms with E-state index in [1.165, 1.54) is 19.3 Å². The molecule has 2 aliphatic rings. The highest BCUT2D eigenvalue weighted by molar-refractivity contribution is 5.78. The quantitative estimate of drug-likeness (QED) is 0.490. The number of carbonyl (C=O) groups is 1. The molecule has 4 rings (SSSR count). The number of amides is 1. The maximum absolute atomic E-state index is 12.9. The smallest absolute Gasteiger partial charge is 0.236 e. The third-order valence-corrected chi connectivity index (χ3v) is 7.32. The van der Waals surface area contributed by atoms with E-state index in [2.05, 4.69) is 38.9 Å². The first-order valence-electron chi connectivity index (χ1n) is 13.1. The van der Waals surface area contributed by atoms with E-state index in [-0.39, 0.29) is 5.91 Å². The van der Waals surface area contributed by atoms with Crippen molar-refractivity contribution in [1.29, 1.82) is 0 Å². The largest absolute Gasteiger partial charge is 0.494 e. The van der Waals surface area contributed by atoms with E-state index in [4.69, 9.17) is 4.74 Å². The number of ether oxygens (including phenoxy) is 1. The summed E-state index contributed by atoms with van der Waals surface area (Å²) in [6.07, 6.45) is 3.95. The number of piperazine rings is 1. The third kappa shape index (κ3) is 6.70. The van der Waals surface area contributed by atoms with Crippen LogP contribution in [0.5, 0.6) is 5.75 Å². The van der Waals surface area contributed by atoms with Crippen molar-refractivity contribution in [3.05, 3.63) is 36.4 Å². The Hall–Kier alpha value is -2.71. The number of likely N-dealkylation sites (N-methyl/N-ethyl adjacent to an activating group) is 2. The van der Waals surface area contributed by atoms with Crippen molar-refractivity contribution < 1.29 is 9.53 Å². The summed E-state index contributed by atoms with van der Waals surface area (Å²) in [6.45, 7) is 11.2. The van der Waals surface area contributed by atoms with Gasteiger partial charge in [-0.2, -0.15) is 0 Å². The van der Waals surface area contributed by atoms with Crippen LogP contribution in [-0.4, -0.2) is 103 Å². The first kappa shape index (κ1) is 25.4. The van der Waals surface area contributed by atoms with Crippen LogP contribution in [0.1, 0.15) is 33.1 Å². The Bertz CT molecular complexity index is 924. The van der Waals surface area contributed by atoms with Crippen molar-refractivity contribution in [1.82, 2.24) is 24.9 Å². The summed E-state index contributed by atoms with van der Waals surface area (Å²) in [6, 6.07) is 12.7. The minimum atomic E-state index is 0.238. The number of nitrogens with zero attached hydrogens (tertiary/aromatic N) is 6. The number of hydrogen-bond donors (Lipinski definition) is 0. The van der Waals surface area contributed by atoms with Crippen LogP contribution < -0.4 is 9.64 Å². The Morgan fingerprint density at radius 1 is 1.00 bits per heavy atom. The second-order valence-corrected chi connectivity index (χ2v) is 9.54. The summed E-state index contributed by atoms with van der Waals surface area (Å²) in [5.41, 5.74) is 1.87. The lowest BCUT2D eigenvalue weighted by Gasteiger charge is -2.37. The molecule has 1 aromatic heterocycles. The van der Waals surface area contributed by atoms with Crippen LogP contribution in [0.25, 0.3) is 11.3 Å². The number of benzene rings is 1. The van der Waals surface area contributed by atoms with Gasteiger partial charge in [-0.05, 0) is 70.1 Å². The number of anilines is 1. The van der Waals surface area contributed by atoms with E-state index in [1.54, 1.807) is 0 Å². The molecule has 0 bridgehead atoms. The first-order chi connectivity index (χ1) is 17.1. The van der Waals surface area contributed by atoms with Crippen LogP contribution in [0.4, 0.5) is 5.82 Å². The van der Waals surface area contributed by atoms with E-state index in [0.29, 0.717) is 13.2 Å². The van der Waals surface area contributed by atoms with Crippen molar-refractivity contribution in [3.8, 4) is 17.0 Å². The van der Waals surface area contributed by atoms with Crippen LogP contribution >= 0.6 is 0 Å². The van der Waals surface area contributed by atoms with Crippen LogP contribution in [0.15, 0.2) is 36.4 Å². The maximum atomic E-state index is 12.9. The highest BCUT2D eigenvalue weighted by Gasteiger charge is 2.24. The molecule has 1 aliphatic carbocycles. The number of hydrogen-bond acceptors (Lipinski definition) is 7. The molecular weight excluding hydrogens is 440 g/mol. The molecule has 1 saturated heterocycles. The topological polar surface area (TPSA) is 65.0 Å². The summed E-state index contributed by atoms with van der Waals surface area (Å²) in [7, 11) is 2.19. The zero-order chi connectivity index (χ0) is 24.6. The van der Waals surface area contributed by atoms with Gasteiger partial charge in [-0.3, -0.25) is 9.69 Å². The third-order valence-electron chi connectivity index (χ3n) is 7.32. The van der Waals surface area contributed by atoms with Gasteiger partial charge in [0.15, 0.2) is 5.82 Å². The van der Waals surface area contributed by atoms with Gasteiger partial charge in [-0.25, -0.2) is 0 Å². The molecule has 1 saturated carbocycles. The highest BCUT2D eigenvalue weighted by atomic mass is 16.5. The number of aromatic nitrogens is 2. The van der Waals surface area contributed by atoms with Crippen LogP contribution in [0.3, 0.4) is 0 Å². The van der Waals surface area contributed by atoms with E-state index in [0.717, 1.165) is 74.7 Å². The molecule has 2 heterocycles. The van der Waals surface area contributed by atoms with Gasteiger partial charge in [0.2, 0.25) is 5.91 Å². The Balaban J connectivity index is 1.23. The van der Waals surface area contributed by atoms with Crippen LogP contribution in [0.2, 0.25) is 0 Å². The molecule has 190 valence electrons. The Labute approximate surface area is 209 Å². The summed E-state index contributed by atoms with van der Waals surface area (Å²) >= 11 is 0. The second kappa shape index (κ2) is 12.3. The second-order valence-electron chi connectivity index (χ2n) is 9.54. The van der Waals surface area contributed by atoms with Gasteiger partial charge in [0.1, 0.15) is 5.75 Å². The lowest BCUT2D eigenvalue weighted by atomic mass is 9.92. The van der Waals surface area contributed by atoms with Gasteiger partial charge in [0, 0.05) is 57.4 Å². The molecule has 1 amide bonds. The van der Waals surface area contributed by atoms with Crippen molar-refractivity contribution in [2.75, 3.05) is 70.9 Å². The molecule has 35 heavy (non-hydrogen) atoms. The van der Waals surface area contributed by atoms with Gasteiger partial charge >= 0.3 is 0 Å². The normalized spacial score (nSPS) is 16.9. The summed E-state index contributed by atoms with van der Waals surface area (Å²) < 4.78 is 5.51. The maximum Gasteiger partial charge on any atom is 0.236 e. The summed E-state index contributed by atoms with van der Waals surface area (Å²) in [5.74, 6) is 1.99. The van der Waals surface area contributed by atoms with E-state index in [9.17, 15) is 4.79 Å². The zero-order valence-corrected chi connectivity index (χ0v) is 21.5. The average Bonchev–Trinajstić information content (AvgIpc) is 2.85. The van der Waals surface area contributed by atoms with E-state index >= 15 is 0 Å². The van der Waals surface area contributed by atoms with Crippen molar-refractivity contribution >= 4 is 11.7 Å². The van der Waals surface area contributed by atoms with Crippen LogP contribution in [0, 0.1) is 0 Å². The molecule has 1 aromatic carbocycles. The molecule has 0 unspecified atom stereocenters.